The molecule has 48 heavy (non-hydrogen) atoms. The Morgan fingerprint density at radius 3 is 1.00 bits per heavy atom. The third-order valence-electron chi connectivity index (χ3n) is 7.10. The smallest absolute Gasteiger partial charge is 0.423 e. The van der Waals surface area contributed by atoms with Crippen molar-refractivity contribution in [1.29, 1.82) is 0 Å². The van der Waals surface area contributed by atoms with Gasteiger partial charge in [0.25, 0.3) is 0 Å². The summed E-state index contributed by atoms with van der Waals surface area (Å²) in [6.45, 7) is 0. The van der Waals surface area contributed by atoms with E-state index in [2.05, 4.69) is 0 Å². The Morgan fingerprint density at radius 1 is 0.333 bits per heavy atom. The van der Waals surface area contributed by atoms with Crippen LogP contribution in [0, 0.1) is 87.3 Å². The minimum absolute atomic E-state index is 0.0196. The van der Waals surface area contributed by atoms with Gasteiger partial charge >= 0.3 is 7.12 Å². The average molecular weight is 696 g/mol. The van der Waals surface area contributed by atoms with E-state index in [0.29, 0.717) is 0 Å². The van der Waals surface area contributed by atoms with Crippen molar-refractivity contribution in [3.8, 4) is 44.5 Å². The molecule has 5 aromatic rings. The molecule has 0 radical (unpaired) electrons. The highest BCUT2D eigenvalue weighted by atomic mass is 19.2. The number of halogens is 15. The molecule has 0 aliphatic rings. The molecule has 0 saturated heterocycles. The third-order valence-corrected chi connectivity index (χ3v) is 7.10. The molecular weight excluding hydrogens is 688 g/mol. The highest BCUT2D eigenvalue weighted by molar-refractivity contribution is 6.61. The maximum Gasteiger partial charge on any atom is 0.489 e. The zero-order valence-corrected chi connectivity index (χ0v) is 22.6. The van der Waals surface area contributed by atoms with Crippen molar-refractivity contribution in [2.24, 2.45) is 0 Å². The summed E-state index contributed by atoms with van der Waals surface area (Å²) in [6.07, 6.45) is 0. The van der Waals surface area contributed by atoms with Crippen LogP contribution in [-0.2, 0) is 0 Å². The molecule has 0 unspecified atom stereocenters. The summed E-state index contributed by atoms with van der Waals surface area (Å²) in [6, 6.07) is 4.78. The van der Waals surface area contributed by atoms with Crippen molar-refractivity contribution >= 4 is 12.6 Å². The molecule has 2 N–H and O–H groups in total. The van der Waals surface area contributed by atoms with Crippen LogP contribution in [-0.4, -0.2) is 17.2 Å². The van der Waals surface area contributed by atoms with Crippen LogP contribution in [0.3, 0.4) is 0 Å². The van der Waals surface area contributed by atoms with Crippen molar-refractivity contribution in [3.05, 3.63) is 124 Å². The van der Waals surface area contributed by atoms with E-state index in [9.17, 15) is 49.6 Å². The second kappa shape index (κ2) is 12.2. The normalized spacial score (nSPS) is 11.4. The van der Waals surface area contributed by atoms with Crippen LogP contribution in [0.15, 0.2) is 36.4 Å². The Hall–Kier alpha value is -4.97. The predicted molar refractivity (Wildman–Crippen MR) is 137 cm³/mol. The van der Waals surface area contributed by atoms with Gasteiger partial charge in [-0.1, -0.05) is 36.4 Å². The van der Waals surface area contributed by atoms with Gasteiger partial charge in [-0.05, 0) is 27.7 Å². The zero-order chi connectivity index (χ0) is 35.7. The van der Waals surface area contributed by atoms with E-state index < -0.39 is 144 Å². The van der Waals surface area contributed by atoms with E-state index in [1.165, 1.54) is 6.07 Å². The average Bonchev–Trinajstić information content (AvgIpc) is 3.07. The SMILES string of the molecule is OB(O)c1cc(-c2c(F)c(F)c(F)c(F)c2F)c(-c2ccccc2)c(-c2c(F)c(F)c(F)c(F)c2F)c1-c1c(F)c(F)c(F)c(F)c1F. The summed E-state index contributed by atoms with van der Waals surface area (Å²) in [7, 11) is -3.36. The number of hydrogen-bond acceptors (Lipinski definition) is 2. The summed E-state index contributed by atoms with van der Waals surface area (Å²) >= 11 is 0. The van der Waals surface area contributed by atoms with E-state index in [-0.39, 0.29) is 6.07 Å². The molecule has 248 valence electrons. The predicted octanol–water partition coefficient (Wildman–Crippen LogP) is 8.12. The Morgan fingerprint density at radius 2 is 0.646 bits per heavy atom. The van der Waals surface area contributed by atoms with Gasteiger partial charge in [0, 0.05) is 5.56 Å². The van der Waals surface area contributed by atoms with Gasteiger partial charge in [0.2, 0.25) is 17.5 Å². The van der Waals surface area contributed by atoms with Gasteiger partial charge in [-0.15, -0.1) is 0 Å². The number of hydrogen-bond donors (Lipinski definition) is 2. The first-order chi connectivity index (χ1) is 22.4. The van der Waals surface area contributed by atoms with Crippen LogP contribution in [0.4, 0.5) is 65.9 Å². The molecule has 0 saturated carbocycles. The molecule has 18 heteroatoms. The summed E-state index contributed by atoms with van der Waals surface area (Å²) < 4.78 is 222. The Kier molecular flexibility index (Phi) is 8.77. The Bertz CT molecular complexity index is 2080. The van der Waals surface area contributed by atoms with Gasteiger partial charge in [0.1, 0.15) is 0 Å². The van der Waals surface area contributed by atoms with Crippen molar-refractivity contribution in [2.75, 3.05) is 0 Å². The first-order valence-corrected chi connectivity index (χ1v) is 12.6. The van der Waals surface area contributed by atoms with Crippen molar-refractivity contribution in [3.63, 3.8) is 0 Å². The van der Waals surface area contributed by atoms with E-state index >= 15 is 26.3 Å². The molecule has 0 fully saturated rings. The molecule has 0 bridgehead atoms. The first kappa shape index (κ1) is 34.4. The fraction of sp³-hybridized carbons (Fsp3) is 0. The maximum absolute atomic E-state index is 15.6. The van der Waals surface area contributed by atoms with Crippen molar-refractivity contribution in [2.45, 2.75) is 0 Å². The van der Waals surface area contributed by atoms with Gasteiger partial charge in [0.05, 0.1) is 16.7 Å². The topological polar surface area (TPSA) is 40.5 Å². The van der Waals surface area contributed by atoms with Crippen LogP contribution in [0.1, 0.15) is 0 Å². The summed E-state index contributed by atoms with van der Waals surface area (Å²) in [5, 5.41) is 20.4. The molecule has 0 spiro atoms. The third kappa shape index (κ3) is 4.97. The molecule has 0 amide bonds. The molecule has 0 heterocycles. The number of rotatable bonds is 5. The van der Waals surface area contributed by atoms with Crippen molar-refractivity contribution < 1.29 is 75.9 Å². The lowest BCUT2D eigenvalue weighted by molar-refractivity contribution is 0.380. The van der Waals surface area contributed by atoms with Gasteiger partial charge in [-0.2, -0.15) is 0 Å². The highest BCUT2D eigenvalue weighted by Gasteiger charge is 2.39. The molecule has 0 aliphatic heterocycles. The van der Waals surface area contributed by atoms with Gasteiger partial charge < -0.3 is 10.0 Å². The van der Waals surface area contributed by atoms with Crippen LogP contribution in [0.2, 0.25) is 0 Å². The lowest BCUT2D eigenvalue weighted by Crippen LogP contribution is -2.33. The number of benzene rings is 5. The van der Waals surface area contributed by atoms with Crippen LogP contribution >= 0.6 is 0 Å². The Labute approximate surface area is 257 Å². The quantitative estimate of drug-likeness (QED) is 0.0844. The van der Waals surface area contributed by atoms with Gasteiger partial charge in [-0.25, -0.2) is 65.9 Å². The van der Waals surface area contributed by atoms with Crippen molar-refractivity contribution in [1.82, 2.24) is 0 Å². The molecule has 5 rings (SSSR count). The van der Waals surface area contributed by atoms with E-state index in [0.717, 1.165) is 24.3 Å². The largest absolute Gasteiger partial charge is 0.489 e. The fourth-order valence-electron chi connectivity index (χ4n) is 5.02. The minimum atomic E-state index is -3.36. The molecular formula is C30H8BF15O2. The van der Waals surface area contributed by atoms with Crippen LogP contribution < -0.4 is 5.46 Å². The molecule has 0 aromatic heterocycles. The van der Waals surface area contributed by atoms with E-state index in [4.69, 9.17) is 0 Å². The standard InChI is InChI=1S/C30H8BF15O2/c32-16-11(17(33)23(39)28(44)22(16)38)8-6-9(31(47)48)12(14-18(34)24(40)29(45)25(41)19(14)35)13(10(8)7-4-2-1-3-5-7)15-20(36)26(42)30(46)27(43)21(15)37/h1-6,47-48H. The Balaban J connectivity index is 2.25. The first-order valence-electron chi connectivity index (χ1n) is 12.6. The highest BCUT2D eigenvalue weighted by Crippen LogP contribution is 2.50. The van der Waals surface area contributed by atoms with Gasteiger partial charge in [-0.3, -0.25) is 0 Å². The van der Waals surface area contributed by atoms with Gasteiger partial charge in [0.15, 0.2) is 69.8 Å². The monoisotopic (exact) mass is 696 g/mol. The molecule has 5 aromatic carbocycles. The summed E-state index contributed by atoms with van der Waals surface area (Å²) in [5.74, 6) is -42.0. The molecule has 2 nitrogen and oxygen atoms in total. The second-order valence-electron chi connectivity index (χ2n) is 9.71. The summed E-state index contributed by atoms with van der Waals surface area (Å²) in [5.41, 5.74) is -16.0. The van der Waals surface area contributed by atoms with E-state index in [1.54, 1.807) is 0 Å². The maximum atomic E-state index is 15.6. The fourth-order valence-corrected chi connectivity index (χ4v) is 5.02. The molecule has 0 aliphatic carbocycles. The minimum Gasteiger partial charge on any atom is -0.423 e. The summed E-state index contributed by atoms with van der Waals surface area (Å²) in [4.78, 5) is 0. The second-order valence-corrected chi connectivity index (χ2v) is 9.71. The van der Waals surface area contributed by atoms with Crippen LogP contribution in [0.5, 0.6) is 0 Å². The zero-order valence-electron chi connectivity index (χ0n) is 22.6. The lowest BCUT2D eigenvalue weighted by Gasteiger charge is -2.25. The lowest BCUT2D eigenvalue weighted by atomic mass is 9.69. The van der Waals surface area contributed by atoms with E-state index in [1.807, 2.05) is 0 Å². The van der Waals surface area contributed by atoms with Crippen LogP contribution in [0.25, 0.3) is 44.5 Å². The molecule has 0 atom stereocenters.